The predicted octanol–water partition coefficient (Wildman–Crippen LogP) is 4.19. The van der Waals surface area contributed by atoms with Crippen LogP contribution in [0.5, 0.6) is 0 Å². The zero-order valence-electron chi connectivity index (χ0n) is 17.8. The maximum Gasteiger partial charge on any atom is 0.162 e. The van der Waals surface area contributed by atoms with E-state index in [1.165, 1.54) is 18.2 Å². The third kappa shape index (κ3) is 6.02. The molecule has 6 nitrogen and oxygen atoms in total. The molecule has 0 radical (unpaired) electrons. The Hall–Kier alpha value is -3.02. The van der Waals surface area contributed by atoms with Gasteiger partial charge in [-0.2, -0.15) is 5.26 Å². The topological polar surface area (TPSA) is 104 Å². The molecule has 32 heavy (non-hydrogen) atoms. The Morgan fingerprint density at radius 3 is 2.69 bits per heavy atom. The van der Waals surface area contributed by atoms with Crippen LogP contribution in [0, 0.1) is 28.9 Å². The molecule has 4 N–H and O–H groups in total. The molecule has 2 aromatic rings. The highest BCUT2D eigenvalue weighted by Crippen LogP contribution is 2.27. The lowest BCUT2D eigenvalue weighted by Gasteiger charge is -2.32. The van der Waals surface area contributed by atoms with Crippen LogP contribution in [0.3, 0.4) is 0 Å². The minimum atomic E-state index is -0.626. The van der Waals surface area contributed by atoms with Gasteiger partial charge in [0.15, 0.2) is 11.6 Å². The van der Waals surface area contributed by atoms with Gasteiger partial charge in [0.1, 0.15) is 17.7 Å². The van der Waals surface area contributed by atoms with Crippen LogP contribution in [-0.2, 0) is 13.0 Å². The van der Waals surface area contributed by atoms with E-state index in [0.717, 1.165) is 25.9 Å². The molecule has 0 aliphatic carbocycles. The van der Waals surface area contributed by atoms with Crippen molar-refractivity contribution in [2.45, 2.75) is 32.7 Å². The molecule has 1 aromatic carbocycles. The molecular weight excluding hydrogens is 434 g/mol. The Morgan fingerprint density at radius 1 is 1.31 bits per heavy atom. The fourth-order valence-electron chi connectivity index (χ4n) is 3.77. The van der Waals surface area contributed by atoms with Crippen LogP contribution >= 0.6 is 11.6 Å². The van der Waals surface area contributed by atoms with Crippen LogP contribution in [0.4, 0.5) is 14.6 Å². The standard InChI is InChI=1S/C23H25ClF2N6/c1-14(28)9-20(29)31-21-11-17(12-27)23(26)19(30-21)10-15-5-7-32(8-6-15)13-16-3-2-4-18(24)22(16)25/h2-4,9,11,15H,5-8,10,13,28H2,1H3,(H2,29,30,31). The van der Waals surface area contributed by atoms with E-state index in [0.29, 0.717) is 24.2 Å². The molecule has 0 amide bonds. The van der Waals surface area contributed by atoms with Gasteiger partial charge in [-0.1, -0.05) is 23.7 Å². The van der Waals surface area contributed by atoms with Gasteiger partial charge in [-0.3, -0.25) is 4.90 Å². The molecule has 0 saturated carbocycles. The lowest BCUT2D eigenvalue weighted by atomic mass is 9.91. The van der Waals surface area contributed by atoms with Gasteiger partial charge < -0.3 is 11.5 Å². The molecule has 0 unspecified atom stereocenters. The Labute approximate surface area is 191 Å². The second-order valence-corrected chi connectivity index (χ2v) is 8.37. The summed E-state index contributed by atoms with van der Waals surface area (Å²) < 4.78 is 28.9. The van der Waals surface area contributed by atoms with E-state index < -0.39 is 5.82 Å². The predicted molar refractivity (Wildman–Crippen MR) is 121 cm³/mol. The fraction of sp³-hybridized carbons (Fsp3) is 0.348. The maximum atomic E-state index is 14.7. The third-order valence-electron chi connectivity index (χ3n) is 5.37. The fourth-order valence-corrected chi connectivity index (χ4v) is 3.97. The molecule has 1 aliphatic heterocycles. The van der Waals surface area contributed by atoms with Gasteiger partial charge in [0.25, 0.3) is 0 Å². The van der Waals surface area contributed by atoms with E-state index in [9.17, 15) is 14.0 Å². The number of amidine groups is 1. The number of nitrogens with two attached hydrogens (primary N) is 2. The summed E-state index contributed by atoms with van der Waals surface area (Å²) in [6.45, 7) is 3.63. The number of benzene rings is 1. The molecule has 1 aromatic heterocycles. The maximum absolute atomic E-state index is 14.7. The minimum Gasteiger partial charge on any atom is -0.402 e. The molecule has 168 valence electrons. The van der Waals surface area contributed by atoms with Crippen molar-refractivity contribution < 1.29 is 8.78 Å². The van der Waals surface area contributed by atoms with Crippen LogP contribution in [0.2, 0.25) is 5.02 Å². The number of piperidine rings is 1. The summed E-state index contributed by atoms with van der Waals surface area (Å²) >= 11 is 5.87. The van der Waals surface area contributed by atoms with Gasteiger partial charge in [-0.15, -0.1) is 0 Å². The van der Waals surface area contributed by atoms with Crippen molar-refractivity contribution in [2.75, 3.05) is 13.1 Å². The van der Waals surface area contributed by atoms with Crippen molar-refractivity contribution >= 4 is 23.3 Å². The number of likely N-dealkylation sites (tertiary alicyclic amines) is 1. The number of hydrogen-bond acceptors (Lipinski definition) is 5. The summed E-state index contributed by atoms with van der Waals surface area (Å²) in [7, 11) is 0. The molecule has 9 heteroatoms. The van der Waals surface area contributed by atoms with E-state index in [-0.39, 0.29) is 39.7 Å². The number of nitriles is 1. The highest BCUT2D eigenvalue weighted by atomic mass is 35.5. The van der Waals surface area contributed by atoms with Crippen molar-refractivity contribution in [3.05, 3.63) is 69.5 Å². The molecular formula is C23H25ClF2N6. The number of hydrogen-bond donors (Lipinski definition) is 2. The average Bonchev–Trinajstić information content (AvgIpc) is 2.74. The monoisotopic (exact) mass is 458 g/mol. The molecule has 0 bridgehead atoms. The smallest absolute Gasteiger partial charge is 0.162 e. The Kier molecular flexibility index (Phi) is 7.78. The summed E-state index contributed by atoms with van der Waals surface area (Å²) in [5.41, 5.74) is 12.5. The van der Waals surface area contributed by atoms with Crippen LogP contribution in [-0.4, -0.2) is 28.8 Å². The Balaban J connectivity index is 1.69. The van der Waals surface area contributed by atoms with Crippen molar-refractivity contribution in [3.8, 4) is 6.07 Å². The van der Waals surface area contributed by atoms with Crippen molar-refractivity contribution in [1.29, 1.82) is 5.26 Å². The molecule has 3 rings (SSSR count). The lowest BCUT2D eigenvalue weighted by molar-refractivity contribution is 0.174. The van der Waals surface area contributed by atoms with Gasteiger partial charge in [0.2, 0.25) is 0 Å². The zero-order valence-corrected chi connectivity index (χ0v) is 18.5. The molecule has 1 fully saturated rings. The lowest BCUT2D eigenvalue weighted by Crippen LogP contribution is -2.34. The zero-order chi connectivity index (χ0) is 23.3. The van der Waals surface area contributed by atoms with Crippen LogP contribution in [0.1, 0.15) is 36.6 Å². The third-order valence-corrected chi connectivity index (χ3v) is 5.66. The average molecular weight is 459 g/mol. The molecule has 1 aliphatic rings. The van der Waals surface area contributed by atoms with Crippen molar-refractivity contribution in [1.82, 2.24) is 9.88 Å². The van der Waals surface area contributed by atoms with Crippen LogP contribution < -0.4 is 11.5 Å². The van der Waals surface area contributed by atoms with E-state index in [1.54, 1.807) is 19.1 Å². The first-order valence-corrected chi connectivity index (χ1v) is 10.7. The van der Waals surface area contributed by atoms with Crippen molar-refractivity contribution in [3.63, 3.8) is 0 Å². The molecule has 0 atom stereocenters. The molecule has 1 saturated heterocycles. The second-order valence-electron chi connectivity index (χ2n) is 7.96. The second kappa shape index (κ2) is 10.5. The first-order valence-electron chi connectivity index (χ1n) is 10.3. The Morgan fingerprint density at radius 2 is 2.03 bits per heavy atom. The van der Waals surface area contributed by atoms with Crippen LogP contribution in [0.25, 0.3) is 0 Å². The normalized spacial score (nSPS) is 16.2. The van der Waals surface area contributed by atoms with E-state index >= 15 is 0 Å². The van der Waals surface area contributed by atoms with Gasteiger partial charge in [0, 0.05) is 23.9 Å². The first-order chi connectivity index (χ1) is 15.3. The van der Waals surface area contributed by atoms with Gasteiger partial charge in [-0.25, -0.2) is 18.8 Å². The summed E-state index contributed by atoms with van der Waals surface area (Å²) in [5.74, 6) is -0.531. The van der Waals surface area contributed by atoms with E-state index in [4.69, 9.17) is 23.1 Å². The number of halogens is 3. The summed E-state index contributed by atoms with van der Waals surface area (Å²) in [5, 5.41) is 9.41. The summed E-state index contributed by atoms with van der Waals surface area (Å²) in [6.07, 6.45) is 3.45. The minimum absolute atomic E-state index is 0.118. The number of pyridine rings is 1. The van der Waals surface area contributed by atoms with E-state index in [1.807, 2.05) is 6.07 Å². The quantitative estimate of drug-likeness (QED) is 0.499. The first kappa shape index (κ1) is 23.6. The number of allylic oxidation sites excluding steroid dienone is 1. The number of aromatic nitrogens is 1. The largest absolute Gasteiger partial charge is 0.402 e. The van der Waals surface area contributed by atoms with Crippen molar-refractivity contribution in [2.24, 2.45) is 22.4 Å². The molecule has 2 heterocycles. The summed E-state index contributed by atoms with van der Waals surface area (Å²) in [4.78, 5) is 10.6. The van der Waals surface area contributed by atoms with Gasteiger partial charge in [0.05, 0.1) is 16.3 Å². The Bertz CT molecular complexity index is 1080. The summed E-state index contributed by atoms with van der Waals surface area (Å²) in [6, 6.07) is 8.12. The highest BCUT2D eigenvalue weighted by Gasteiger charge is 2.23. The van der Waals surface area contributed by atoms with E-state index in [2.05, 4.69) is 14.9 Å². The van der Waals surface area contributed by atoms with Gasteiger partial charge >= 0.3 is 0 Å². The number of aliphatic imine (C=N–C) groups is 1. The SMILES string of the molecule is CC(N)=CC(N)=Nc1cc(C#N)c(F)c(CC2CCN(Cc3cccc(Cl)c3F)CC2)n1. The van der Waals surface area contributed by atoms with Crippen LogP contribution in [0.15, 0.2) is 41.0 Å². The highest BCUT2D eigenvalue weighted by molar-refractivity contribution is 6.30. The number of nitrogens with zero attached hydrogens (tertiary/aromatic N) is 4. The van der Waals surface area contributed by atoms with Gasteiger partial charge in [-0.05, 0) is 57.3 Å². The number of rotatable bonds is 6. The molecule has 0 spiro atoms.